The van der Waals surface area contributed by atoms with Gasteiger partial charge >= 0.3 is 5.97 Å². The lowest BCUT2D eigenvalue weighted by Gasteiger charge is -2.26. The Morgan fingerprint density at radius 1 is 1.09 bits per heavy atom. The summed E-state index contributed by atoms with van der Waals surface area (Å²) in [4.78, 5) is 35.0. The Balaban J connectivity index is 4.89. The Morgan fingerprint density at radius 3 is 2.00 bits per heavy atom. The lowest BCUT2D eigenvalue weighted by Crippen LogP contribution is -2.57. The molecule has 0 aliphatic carbocycles. The van der Waals surface area contributed by atoms with Crippen LogP contribution in [0.25, 0.3) is 0 Å². The fraction of sp³-hybridized carbons (Fsp3) is 0.786. The highest BCUT2D eigenvalue weighted by atomic mass is 16.4. The summed E-state index contributed by atoms with van der Waals surface area (Å²) in [7, 11) is 0. The van der Waals surface area contributed by atoms with Crippen molar-refractivity contribution in [2.75, 3.05) is 6.61 Å². The van der Waals surface area contributed by atoms with Gasteiger partial charge in [-0.2, -0.15) is 0 Å². The number of hydrogen-bond acceptors (Lipinski definition) is 5. The number of aliphatic hydroxyl groups excluding tert-OH is 1. The number of aliphatic carboxylic acids is 1. The van der Waals surface area contributed by atoms with Crippen LogP contribution < -0.4 is 16.4 Å². The van der Waals surface area contributed by atoms with Crippen LogP contribution in [-0.4, -0.2) is 52.7 Å². The highest BCUT2D eigenvalue weighted by Gasteiger charge is 2.30. The molecule has 0 spiro atoms. The van der Waals surface area contributed by atoms with E-state index in [-0.39, 0.29) is 11.8 Å². The second-order valence-corrected chi connectivity index (χ2v) is 5.72. The maximum Gasteiger partial charge on any atom is 0.328 e. The number of amides is 2. The first-order chi connectivity index (χ1) is 10.1. The van der Waals surface area contributed by atoms with Gasteiger partial charge in [0.05, 0.1) is 12.6 Å². The normalized spacial score (nSPS) is 16.5. The van der Waals surface area contributed by atoms with Gasteiger partial charge in [-0.15, -0.1) is 0 Å². The lowest BCUT2D eigenvalue weighted by molar-refractivity contribution is -0.143. The summed E-state index contributed by atoms with van der Waals surface area (Å²) in [6.45, 7) is 6.44. The number of hydrogen-bond donors (Lipinski definition) is 5. The number of carbonyl (C=O) groups excluding carboxylic acids is 2. The van der Waals surface area contributed by atoms with Crippen LogP contribution in [-0.2, 0) is 14.4 Å². The van der Waals surface area contributed by atoms with Crippen LogP contribution >= 0.6 is 0 Å². The topological polar surface area (TPSA) is 142 Å². The van der Waals surface area contributed by atoms with Crippen LogP contribution in [0.1, 0.15) is 34.1 Å². The molecule has 6 N–H and O–H groups in total. The molecular weight excluding hydrogens is 290 g/mol. The maximum atomic E-state index is 12.1. The highest BCUT2D eigenvalue weighted by Crippen LogP contribution is 2.08. The van der Waals surface area contributed by atoms with Crippen LogP contribution in [0.4, 0.5) is 0 Å². The second-order valence-electron chi connectivity index (χ2n) is 5.72. The molecule has 0 rings (SSSR count). The van der Waals surface area contributed by atoms with Crippen LogP contribution in [0.3, 0.4) is 0 Å². The fourth-order valence-corrected chi connectivity index (χ4v) is 1.74. The van der Waals surface area contributed by atoms with Gasteiger partial charge in [0.1, 0.15) is 12.1 Å². The van der Waals surface area contributed by atoms with Gasteiger partial charge in [0.25, 0.3) is 0 Å². The minimum absolute atomic E-state index is 0.0416. The van der Waals surface area contributed by atoms with E-state index in [1.807, 2.05) is 13.8 Å². The molecule has 0 aromatic rings. The molecule has 0 heterocycles. The van der Waals surface area contributed by atoms with Crippen molar-refractivity contribution < 1.29 is 24.6 Å². The summed E-state index contributed by atoms with van der Waals surface area (Å²) in [5.74, 6) is -2.78. The van der Waals surface area contributed by atoms with E-state index in [0.717, 1.165) is 6.42 Å². The summed E-state index contributed by atoms with van der Waals surface area (Å²) < 4.78 is 0. The van der Waals surface area contributed by atoms with E-state index >= 15 is 0 Å². The number of nitrogens with one attached hydrogen (secondary N) is 2. The second kappa shape index (κ2) is 9.37. The standard InChI is InChI=1S/C14H27N3O5/c1-5-8(4)10(15)12(19)17-11(7(2)3)13(20)16-9(6-18)14(21)22/h7-11,18H,5-6,15H2,1-4H3,(H,16,20)(H,17,19)(H,21,22)/t8-,9-,10-,11-/m0/s1. The number of aliphatic hydroxyl groups is 1. The van der Waals surface area contributed by atoms with Crippen LogP contribution in [0.15, 0.2) is 0 Å². The molecule has 8 nitrogen and oxygen atoms in total. The molecule has 2 amide bonds. The molecule has 0 bridgehead atoms. The van der Waals surface area contributed by atoms with E-state index in [2.05, 4.69) is 10.6 Å². The third kappa shape index (κ3) is 5.98. The summed E-state index contributed by atoms with van der Waals surface area (Å²) in [6, 6.07) is -3.07. The van der Waals surface area contributed by atoms with Crippen molar-refractivity contribution in [2.24, 2.45) is 17.6 Å². The van der Waals surface area contributed by atoms with Crippen LogP contribution in [0, 0.1) is 11.8 Å². The van der Waals surface area contributed by atoms with Gasteiger partial charge in [0.15, 0.2) is 0 Å². The molecule has 0 aromatic carbocycles. The van der Waals surface area contributed by atoms with Gasteiger partial charge < -0.3 is 26.6 Å². The average molecular weight is 317 g/mol. The Bertz CT molecular complexity index is 400. The van der Waals surface area contributed by atoms with Crippen molar-refractivity contribution in [1.82, 2.24) is 10.6 Å². The van der Waals surface area contributed by atoms with Crippen molar-refractivity contribution in [3.63, 3.8) is 0 Å². The quantitative estimate of drug-likeness (QED) is 0.372. The summed E-state index contributed by atoms with van der Waals surface area (Å²) >= 11 is 0. The zero-order chi connectivity index (χ0) is 17.4. The van der Waals surface area contributed by atoms with Gasteiger partial charge in [-0.1, -0.05) is 34.1 Å². The van der Waals surface area contributed by atoms with E-state index in [1.54, 1.807) is 13.8 Å². The number of carboxylic acid groups (broad SMARTS) is 1. The molecule has 0 aromatic heterocycles. The van der Waals surface area contributed by atoms with Gasteiger partial charge in [-0.3, -0.25) is 9.59 Å². The average Bonchev–Trinajstić information content (AvgIpc) is 2.47. The molecular formula is C14H27N3O5. The van der Waals surface area contributed by atoms with Gasteiger partial charge in [-0.05, 0) is 11.8 Å². The molecule has 22 heavy (non-hydrogen) atoms. The highest BCUT2D eigenvalue weighted by molar-refractivity contribution is 5.92. The molecule has 128 valence electrons. The van der Waals surface area contributed by atoms with E-state index < -0.39 is 42.5 Å². The van der Waals surface area contributed by atoms with Crippen molar-refractivity contribution in [3.05, 3.63) is 0 Å². The lowest BCUT2D eigenvalue weighted by atomic mass is 9.97. The third-order valence-corrected chi connectivity index (χ3v) is 3.60. The molecule has 0 saturated carbocycles. The molecule has 0 saturated heterocycles. The monoisotopic (exact) mass is 317 g/mol. The Kier molecular flexibility index (Phi) is 8.66. The number of nitrogens with two attached hydrogens (primary N) is 1. The molecule has 0 unspecified atom stereocenters. The predicted octanol–water partition coefficient (Wildman–Crippen LogP) is -0.938. The van der Waals surface area contributed by atoms with Crippen LogP contribution in [0.2, 0.25) is 0 Å². The van der Waals surface area contributed by atoms with Crippen LogP contribution in [0.5, 0.6) is 0 Å². The predicted molar refractivity (Wildman–Crippen MR) is 80.9 cm³/mol. The van der Waals surface area contributed by atoms with Crippen molar-refractivity contribution in [1.29, 1.82) is 0 Å². The van der Waals surface area contributed by atoms with Gasteiger partial charge in [0, 0.05) is 0 Å². The smallest absolute Gasteiger partial charge is 0.328 e. The zero-order valence-electron chi connectivity index (χ0n) is 13.5. The van der Waals surface area contributed by atoms with Crippen molar-refractivity contribution >= 4 is 17.8 Å². The summed E-state index contributed by atoms with van der Waals surface area (Å²) in [5.41, 5.74) is 5.82. The zero-order valence-corrected chi connectivity index (χ0v) is 13.5. The molecule has 0 radical (unpaired) electrons. The third-order valence-electron chi connectivity index (χ3n) is 3.60. The molecule has 0 fully saturated rings. The van der Waals surface area contributed by atoms with E-state index in [9.17, 15) is 14.4 Å². The number of carboxylic acids is 1. The van der Waals surface area contributed by atoms with Gasteiger partial charge in [0.2, 0.25) is 11.8 Å². The van der Waals surface area contributed by atoms with Crippen molar-refractivity contribution in [3.8, 4) is 0 Å². The number of carbonyl (C=O) groups is 3. The minimum atomic E-state index is -1.41. The molecule has 8 heteroatoms. The summed E-state index contributed by atoms with van der Waals surface area (Å²) in [6.07, 6.45) is 0.721. The summed E-state index contributed by atoms with van der Waals surface area (Å²) in [5, 5.41) is 22.5. The number of rotatable bonds is 9. The van der Waals surface area contributed by atoms with E-state index in [4.69, 9.17) is 15.9 Å². The van der Waals surface area contributed by atoms with Gasteiger partial charge in [-0.25, -0.2) is 4.79 Å². The molecule has 0 aliphatic heterocycles. The first kappa shape index (κ1) is 20.3. The fourth-order valence-electron chi connectivity index (χ4n) is 1.74. The SMILES string of the molecule is CC[C@H](C)[C@H](N)C(=O)N[C@H](C(=O)N[C@@H](CO)C(=O)O)C(C)C. The minimum Gasteiger partial charge on any atom is -0.480 e. The van der Waals surface area contributed by atoms with E-state index in [0.29, 0.717) is 0 Å². The first-order valence-electron chi connectivity index (χ1n) is 7.35. The molecule has 0 aliphatic rings. The Morgan fingerprint density at radius 2 is 1.64 bits per heavy atom. The van der Waals surface area contributed by atoms with Crippen molar-refractivity contribution in [2.45, 2.75) is 52.2 Å². The maximum absolute atomic E-state index is 12.1. The first-order valence-corrected chi connectivity index (χ1v) is 7.35. The largest absolute Gasteiger partial charge is 0.480 e. The Labute approximate surface area is 130 Å². The molecule has 4 atom stereocenters. The van der Waals surface area contributed by atoms with E-state index in [1.165, 1.54) is 0 Å². The Hall–Kier alpha value is -1.67.